The number of primary amides is 1. The van der Waals surface area contributed by atoms with E-state index < -0.39 is 5.91 Å². The molecule has 0 fully saturated rings. The van der Waals surface area contributed by atoms with Crippen molar-refractivity contribution in [3.8, 4) is 5.75 Å². The van der Waals surface area contributed by atoms with Gasteiger partial charge in [0.15, 0.2) is 6.61 Å². The van der Waals surface area contributed by atoms with Crippen molar-refractivity contribution in [3.05, 3.63) is 46.7 Å². The molecule has 5 heteroatoms. The van der Waals surface area contributed by atoms with Gasteiger partial charge in [0.25, 0.3) is 5.91 Å². The van der Waals surface area contributed by atoms with Gasteiger partial charge in [-0.05, 0) is 30.5 Å². The highest BCUT2D eigenvalue weighted by Crippen LogP contribution is 2.25. The third-order valence-electron chi connectivity index (χ3n) is 2.57. The SMILES string of the molecule is CC(Nc1cccc(OCC(N)=O)c1)c1cccs1. The van der Waals surface area contributed by atoms with Crippen LogP contribution in [0, 0.1) is 0 Å². The Morgan fingerprint density at radius 3 is 2.95 bits per heavy atom. The number of nitrogens with two attached hydrogens (primary N) is 1. The molecular weight excluding hydrogens is 260 g/mol. The molecule has 4 nitrogen and oxygen atoms in total. The van der Waals surface area contributed by atoms with Crippen LogP contribution in [-0.2, 0) is 4.79 Å². The lowest BCUT2D eigenvalue weighted by molar-refractivity contribution is -0.119. The van der Waals surface area contributed by atoms with Crippen molar-refractivity contribution in [1.29, 1.82) is 0 Å². The molecule has 2 aromatic rings. The predicted molar refractivity (Wildman–Crippen MR) is 77.5 cm³/mol. The number of amides is 1. The van der Waals surface area contributed by atoms with E-state index in [1.807, 2.05) is 24.3 Å². The molecule has 1 atom stereocenters. The molecule has 0 aliphatic carbocycles. The Bertz CT molecular complexity index is 540. The molecule has 0 saturated heterocycles. The molecule has 0 bridgehead atoms. The summed E-state index contributed by atoms with van der Waals surface area (Å²) in [6, 6.07) is 11.8. The van der Waals surface area contributed by atoms with Gasteiger partial charge in [0.2, 0.25) is 0 Å². The Hall–Kier alpha value is -2.01. The molecule has 2 rings (SSSR count). The molecule has 1 amide bonds. The highest BCUT2D eigenvalue weighted by molar-refractivity contribution is 7.10. The molecule has 0 radical (unpaired) electrons. The summed E-state index contributed by atoms with van der Waals surface area (Å²) in [5.41, 5.74) is 5.99. The molecule has 100 valence electrons. The van der Waals surface area contributed by atoms with Crippen molar-refractivity contribution < 1.29 is 9.53 Å². The highest BCUT2D eigenvalue weighted by atomic mass is 32.1. The summed E-state index contributed by atoms with van der Waals surface area (Å²) in [6.07, 6.45) is 0. The monoisotopic (exact) mass is 276 g/mol. The Balaban J connectivity index is 2.00. The maximum absolute atomic E-state index is 10.7. The fraction of sp³-hybridized carbons (Fsp3) is 0.214. The van der Waals surface area contributed by atoms with Crippen LogP contribution in [0.1, 0.15) is 17.8 Å². The number of carbonyl (C=O) groups is 1. The smallest absolute Gasteiger partial charge is 0.255 e. The van der Waals surface area contributed by atoms with Gasteiger partial charge in [-0.2, -0.15) is 0 Å². The van der Waals surface area contributed by atoms with E-state index >= 15 is 0 Å². The molecule has 0 aliphatic rings. The Labute approximate surface area is 116 Å². The number of anilines is 1. The largest absolute Gasteiger partial charge is 0.484 e. The highest BCUT2D eigenvalue weighted by Gasteiger charge is 2.06. The first-order valence-electron chi connectivity index (χ1n) is 5.96. The van der Waals surface area contributed by atoms with E-state index in [4.69, 9.17) is 10.5 Å². The second-order valence-corrected chi connectivity index (χ2v) is 5.14. The number of hydrogen-bond acceptors (Lipinski definition) is 4. The zero-order valence-electron chi connectivity index (χ0n) is 10.6. The summed E-state index contributed by atoms with van der Waals surface area (Å²) in [6.45, 7) is 1.99. The van der Waals surface area contributed by atoms with Gasteiger partial charge in [-0.25, -0.2) is 0 Å². The number of nitrogens with one attached hydrogen (secondary N) is 1. The van der Waals surface area contributed by atoms with E-state index in [1.54, 1.807) is 17.4 Å². The lowest BCUT2D eigenvalue weighted by atomic mass is 10.2. The van der Waals surface area contributed by atoms with E-state index in [2.05, 4.69) is 23.7 Å². The Morgan fingerprint density at radius 1 is 1.42 bits per heavy atom. The summed E-state index contributed by atoms with van der Waals surface area (Å²) >= 11 is 1.71. The van der Waals surface area contributed by atoms with Crippen LogP contribution in [0.4, 0.5) is 5.69 Å². The predicted octanol–water partition coefficient (Wildman–Crippen LogP) is 2.79. The average molecular weight is 276 g/mol. The van der Waals surface area contributed by atoms with Crippen LogP contribution in [0.5, 0.6) is 5.75 Å². The summed E-state index contributed by atoms with van der Waals surface area (Å²) in [5.74, 6) is 0.146. The van der Waals surface area contributed by atoms with E-state index in [0.29, 0.717) is 5.75 Å². The molecular formula is C14H16N2O2S. The van der Waals surface area contributed by atoms with Gasteiger partial charge >= 0.3 is 0 Å². The summed E-state index contributed by atoms with van der Waals surface area (Å²) in [7, 11) is 0. The van der Waals surface area contributed by atoms with Gasteiger partial charge in [0.1, 0.15) is 5.75 Å². The van der Waals surface area contributed by atoms with Crippen LogP contribution in [0.2, 0.25) is 0 Å². The maximum Gasteiger partial charge on any atom is 0.255 e. The first-order valence-corrected chi connectivity index (χ1v) is 6.84. The van der Waals surface area contributed by atoms with Crippen molar-refractivity contribution in [1.82, 2.24) is 0 Å². The van der Waals surface area contributed by atoms with Crippen LogP contribution in [0.15, 0.2) is 41.8 Å². The Morgan fingerprint density at radius 2 is 2.26 bits per heavy atom. The molecule has 1 heterocycles. The van der Waals surface area contributed by atoms with E-state index in [-0.39, 0.29) is 12.6 Å². The number of ether oxygens (including phenoxy) is 1. The van der Waals surface area contributed by atoms with Crippen LogP contribution in [0.25, 0.3) is 0 Å². The molecule has 0 aliphatic heterocycles. The lowest BCUT2D eigenvalue weighted by Crippen LogP contribution is -2.20. The zero-order valence-corrected chi connectivity index (χ0v) is 11.4. The molecule has 19 heavy (non-hydrogen) atoms. The minimum absolute atomic E-state index is 0.107. The third kappa shape index (κ3) is 3.99. The van der Waals surface area contributed by atoms with Gasteiger partial charge < -0.3 is 15.8 Å². The minimum atomic E-state index is -0.481. The van der Waals surface area contributed by atoms with Crippen molar-refractivity contribution in [2.45, 2.75) is 13.0 Å². The number of rotatable bonds is 6. The molecule has 1 aromatic carbocycles. The van der Waals surface area contributed by atoms with E-state index in [9.17, 15) is 4.79 Å². The van der Waals surface area contributed by atoms with Gasteiger partial charge in [-0.15, -0.1) is 11.3 Å². The topological polar surface area (TPSA) is 64.3 Å². The van der Waals surface area contributed by atoms with Crippen molar-refractivity contribution >= 4 is 22.9 Å². The second-order valence-electron chi connectivity index (χ2n) is 4.16. The van der Waals surface area contributed by atoms with Crippen LogP contribution >= 0.6 is 11.3 Å². The quantitative estimate of drug-likeness (QED) is 0.852. The Kier molecular flexibility index (Phi) is 4.41. The van der Waals surface area contributed by atoms with E-state index in [1.165, 1.54) is 4.88 Å². The molecule has 1 unspecified atom stereocenters. The lowest BCUT2D eigenvalue weighted by Gasteiger charge is -2.14. The van der Waals surface area contributed by atoms with Gasteiger partial charge in [0, 0.05) is 16.6 Å². The third-order valence-corrected chi connectivity index (χ3v) is 3.62. The summed E-state index contributed by atoms with van der Waals surface area (Å²) < 4.78 is 5.27. The van der Waals surface area contributed by atoms with Crippen LogP contribution in [-0.4, -0.2) is 12.5 Å². The van der Waals surface area contributed by atoms with Crippen LogP contribution in [0.3, 0.4) is 0 Å². The van der Waals surface area contributed by atoms with Crippen LogP contribution < -0.4 is 15.8 Å². The van der Waals surface area contributed by atoms with Crippen molar-refractivity contribution in [3.63, 3.8) is 0 Å². The molecule has 0 spiro atoms. The first kappa shape index (κ1) is 13.4. The molecule has 3 N–H and O–H groups in total. The number of hydrogen-bond donors (Lipinski definition) is 2. The first-order chi connectivity index (χ1) is 9.15. The molecule has 1 aromatic heterocycles. The average Bonchev–Trinajstić information content (AvgIpc) is 2.91. The number of carbonyl (C=O) groups excluding carboxylic acids is 1. The van der Waals surface area contributed by atoms with Gasteiger partial charge in [-0.3, -0.25) is 4.79 Å². The fourth-order valence-corrected chi connectivity index (χ4v) is 2.42. The van der Waals surface area contributed by atoms with Gasteiger partial charge in [-0.1, -0.05) is 12.1 Å². The maximum atomic E-state index is 10.7. The normalized spacial score (nSPS) is 11.8. The summed E-state index contributed by atoms with van der Waals surface area (Å²) in [4.78, 5) is 11.9. The number of thiophene rings is 1. The fourth-order valence-electron chi connectivity index (χ4n) is 1.69. The van der Waals surface area contributed by atoms with Crippen molar-refractivity contribution in [2.75, 3.05) is 11.9 Å². The van der Waals surface area contributed by atoms with Gasteiger partial charge in [0.05, 0.1) is 6.04 Å². The van der Waals surface area contributed by atoms with E-state index in [0.717, 1.165) is 5.69 Å². The second kappa shape index (κ2) is 6.24. The number of benzene rings is 1. The standard InChI is InChI=1S/C14H16N2O2S/c1-10(13-6-3-7-19-13)16-11-4-2-5-12(8-11)18-9-14(15)17/h2-8,10,16H,9H2,1H3,(H2,15,17). The molecule has 0 saturated carbocycles. The minimum Gasteiger partial charge on any atom is -0.484 e. The van der Waals surface area contributed by atoms with Crippen molar-refractivity contribution in [2.24, 2.45) is 5.73 Å². The summed E-state index contributed by atoms with van der Waals surface area (Å²) in [5, 5.41) is 5.44. The zero-order chi connectivity index (χ0) is 13.7.